The number of unbranched alkanes of at least 4 members (excludes halogenated alkanes) is 4. The smallest absolute Gasteiger partial charge is 0.119 e. The van der Waals surface area contributed by atoms with E-state index in [1.807, 2.05) is 0 Å². The Morgan fingerprint density at radius 3 is 1.39 bits per heavy atom. The van der Waals surface area contributed by atoms with Crippen LogP contribution >= 0.6 is 11.3 Å². The van der Waals surface area contributed by atoms with E-state index in [0.29, 0.717) is 13.2 Å². The largest absolute Gasteiger partial charge is 0.490 e. The van der Waals surface area contributed by atoms with Crippen molar-refractivity contribution in [3.8, 4) is 32.4 Å². The van der Waals surface area contributed by atoms with Gasteiger partial charge in [0.1, 0.15) is 24.7 Å². The number of benzene rings is 2. The Kier molecular flexibility index (Phi) is 10.8. The maximum atomic E-state index is 5.82. The summed E-state index contributed by atoms with van der Waals surface area (Å²) in [6.07, 6.45) is 15.8. The van der Waals surface area contributed by atoms with Crippen LogP contribution in [0.4, 0.5) is 0 Å². The summed E-state index contributed by atoms with van der Waals surface area (Å²) in [5, 5.41) is 0. The third-order valence-corrected chi connectivity index (χ3v) is 6.54. The Bertz CT molecular complexity index is 901. The van der Waals surface area contributed by atoms with Crippen molar-refractivity contribution in [2.45, 2.75) is 52.4 Å². The number of ether oxygens (including phenoxy) is 2. The van der Waals surface area contributed by atoms with Gasteiger partial charge in [-0.1, -0.05) is 63.8 Å². The molecule has 0 bridgehead atoms. The first-order chi connectivity index (χ1) is 16.3. The lowest BCUT2D eigenvalue weighted by atomic mass is 10.1. The van der Waals surface area contributed by atoms with Crippen LogP contribution in [0.25, 0.3) is 20.9 Å². The summed E-state index contributed by atoms with van der Waals surface area (Å²) < 4.78 is 11.6. The van der Waals surface area contributed by atoms with Crippen molar-refractivity contribution >= 4 is 11.3 Å². The summed E-state index contributed by atoms with van der Waals surface area (Å²) in [7, 11) is 0. The van der Waals surface area contributed by atoms with Gasteiger partial charge < -0.3 is 9.47 Å². The molecule has 0 aliphatic heterocycles. The van der Waals surface area contributed by atoms with Crippen LogP contribution in [0.5, 0.6) is 11.5 Å². The lowest BCUT2D eigenvalue weighted by Crippen LogP contribution is -1.92. The monoisotopic (exact) mass is 460 g/mol. The second-order valence-electron chi connectivity index (χ2n) is 8.06. The van der Waals surface area contributed by atoms with Crippen LogP contribution in [0.15, 0.2) is 85.0 Å². The molecule has 0 aliphatic carbocycles. The van der Waals surface area contributed by atoms with Crippen LogP contribution in [0.1, 0.15) is 52.4 Å². The second kappa shape index (κ2) is 14.4. The van der Waals surface area contributed by atoms with Crippen LogP contribution in [0.2, 0.25) is 0 Å². The Morgan fingerprint density at radius 1 is 0.576 bits per heavy atom. The minimum atomic E-state index is 0.626. The van der Waals surface area contributed by atoms with Gasteiger partial charge >= 0.3 is 0 Å². The third kappa shape index (κ3) is 8.58. The zero-order valence-electron chi connectivity index (χ0n) is 20.0. The summed E-state index contributed by atoms with van der Waals surface area (Å²) in [4.78, 5) is 2.52. The molecule has 0 aliphatic rings. The third-order valence-electron chi connectivity index (χ3n) is 5.36. The van der Waals surface area contributed by atoms with Crippen LogP contribution in [0.3, 0.4) is 0 Å². The van der Waals surface area contributed by atoms with Crippen molar-refractivity contribution in [1.29, 1.82) is 0 Å². The molecule has 3 aromatic rings. The molecule has 0 fully saturated rings. The topological polar surface area (TPSA) is 18.5 Å². The number of thiophene rings is 1. The van der Waals surface area contributed by atoms with Crippen LogP contribution in [-0.2, 0) is 0 Å². The minimum absolute atomic E-state index is 0.626. The van der Waals surface area contributed by atoms with Gasteiger partial charge in [-0.25, -0.2) is 0 Å². The van der Waals surface area contributed by atoms with Crippen LogP contribution < -0.4 is 9.47 Å². The molecule has 0 radical (unpaired) electrons. The highest BCUT2D eigenvalue weighted by atomic mass is 32.1. The van der Waals surface area contributed by atoms with E-state index in [9.17, 15) is 0 Å². The van der Waals surface area contributed by atoms with Crippen molar-refractivity contribution in [1.82, 2.24) is 0 Å². The first-order valence-corrected chi connectivity index (χ1v) is 13.0. The summed E-state index contributed by atoms with van der Waals surface area (Å²) in [6.45, 7) is 5.67. The number of allylic oxidation sites excluding steroid dienone is 2. The van der Waals surface area contributed by atoms with E-state index in [-0.39, 0.29) is 0 Å². The zero-order chi connectivity index (χ0) is 23.1. The molecule has 3 rings (SSSR count). The van der Waals surface area contributed by atoms with Gasteiger partial charge in [0, 0.05) is 9.75 Å². The van der Waals surface area contributed by atoms with E-state index in [1.54, 1.807) is 11.3 Å². The quantitative estimate of drug-likeness (QED) is 0.176. The van der Waals surface area contributed by atoms with Crippen LogP contribution in [-0.4, -0.2) is 13.2 Å². The summed E-state index contributed by atoms with van der Waals surface area (Å²) in [6, 6.07) is 21.1. The number of hydrogen-bond acceptors (Lipinski definition) is 3. The Balaban J connectivity index is 1.51. The van der Waals surface area contributed by atoms with Crippen LogP contribution in [0, 0.1) is 0 Å². The number of hydrogen-bond donors (Lipinski definition) is 0. The minimum Gasteiger partial charge on any atom is -0.490 e. The Morgan fingerprint density at radius 2 is 1.00 bits per heavy atom. The van der Waals surface area contributed by atoms with Crippen molar-refractivity contribution in [2.75, 3.05) is 13.2 Å². The fraction of sp³-hybridized carbons (Fsp3) is 0.333. The molecule has 1 aromatic heterocycles. The molecule has 0 unspecified atom stereocenters. The van der Waals surface area contributed by atoms with Gasteiger partial charge in [-0.2, -0.15) is 0 Å². The molecule has 3 heteroatoms. The average Bonchev–Trinajstić information content (AvgIpc) is 3.35. The van der Waals surface area contributed by atoms with Crippen molar-refractivity contribution in [3.63, 3.8) is 0 Å². The summed E-state index contributed by atoms with van der Waals surface area (Å²) in [5.41, 5.74) is 2.43. The molecule has 2 nitrogen and oxygen atoms in total. The molecule has 0 saturated heterocycles. The highest BCUT2D eigenvalue weighted by molar-refractivity contribution is 7.18. The molecular formula is C30H36O2S. The van der Waals surface area contributed by atoms with E-state index in [0.717, 1.165) is 24.3 Å². The fourth-order valence-electron chi connectivity index (χ4n) is 3.38. The molecule has 0 amide bonds. The number of rotatable bonds is 14. The molecule has 33 heavy (non-hydrogen) atoms. The van der Waals surface area contributed by atoms with E-state index in [4.69, 9.17) is 9.47 Å². The van der Waals surface area contributed by atoms with E-state index in [1.165, 1.54) is 46.6 Å². The highest BCUT2D eigenvalue weighted by Gasteiger charge is 2.06. The van der Waals surface area contributed by atoms with Crippen molar-refractivity contribution in [3.05, 3.63) is 85.0 Å². The van der Waals surface area contributed by atoms with Gasteiger partial charge in [0.2, 0.25) is 0 Å². The molecule has 174 valence electrons. The van der Waals surface area contributed by atoms with E-state index >= 15 is 0 Å². The van der Waals surface area contributed by atoms with Gasteiger partial charge in [0.25, 0.3) is 0 Å². The van der Waals surface area contributed by atoms with E-state index < -0.39 is 0 Å². The second-order valence-corrected chi connectivity index (χ2v) is 9.15. The van der Waals surface area contributed by atoms with Gasteiger partial charge in [-0.15, -0.1) is 11.3 Å². The molecule has 0 N–H and O–H groups in total. The Hall–Kier alpha value is -2.78. The summed E-state index contributed by atoms with van der Waals surface area (Å²) >= 11 is 1.80. The lowest BCUT2D eigenvalue weighted by molar-refractivity contribution is 0.362. The van der Waals surface area contributed by atoms with Gasteiger partial charge in [-0.3, -0.25) is 0 Å². The fourth-order valence-corrected chi connectivity index (χ4v) is 4.40. The predicted molar refractivity (Wildman–Crippen MR) is 144 cm³/mol. The molecule has 0 spiro atoms. The first-order valence-electron chi connectivity index (χ1n) is 12.2. The van der Waals surface area contributed by atoms with Gasteiger partial charge in [0.05, 0.1) is 0 Å². The zero-order valence-corrected chi connectivity index (χ0v) is 20.8. The molecule has 0 atom stereocenters. The maximum Gasteiger partial charge on any atom is 0.119 e. The Labute approximate surface area is 203 Å². The predicted octanol–water partition coefficient (Wildman–Crippen LogP) is 9.33. The summed E-state index contributed by atoms with van der Waals surface area (Å²) in [5.74, 6) is 1.82. The SMILES string of the molecule is CCCC/C=C/COc1ccc(-c2ccc(-c3ccc(OC/C=C/CCCC)cc3)s2)cc1. The van der Waals surface area contributed by atoms with Gasteiger partial charge in [-0.05, 0) is 84.6 Å². The standard InChI is InChI=1S/C30H36O2S/c1-3-5-7-9-11-23-31-27-17-13-25(14-18-27)29-21-22-30(33-29)26-15-19-28(20-16-26)32-24-12-10-8-6-4-2/h9-22H,3-8,23-24H2,1-2H3/b11-9+,12-10+. The van der Waals surface area contributed by atoms with Crippen molar-refractivity contribution < 1.29 is 9.47 Å². The van der Waals surface area contributed by atoms with E-state index in [2.05, 4.69) is 98.8 Å². The lowest BCUT2D eigenvalue weighted by Gasteiger charge is -2.05. The van der Waals surface area contributed by atoms with Gasteiger partial charge in [0.15, 0.2) is 0 Å². The molecule has 1 heterocycles. The normalized spacial score (nSPS) is 11.5. The molecule has 2 aromatic carbocycles. The first kappa shape index (κ1) is 24.9. The van der Waals surface area contributed by atoms with Crippen molar-refractivity contribution in [2.24, 2.45) is 0 Å². The highest BCUT2D eigenvalue weighted by Crippen LogP contribution is 2.35. The average molecular weight is 461 g/mol. The molecule has 0 saturated carbocycles. The molecular weight excluding hydrogens is 424 g/mol. The maximum absolute atomic E-state index is 5.82.